The highest BCUT2D eigenvalue weighted by molar-refractivity contribution is 5.81. The lowest BCUT2D eigenvalue weighted by Gasteiger charge is -2.16. The minimum absolute atomic E-state index is 0.312. The second kappa shape index (κ2) is 5.81. The fourth-order valence-electron chi connectivity index (χ4n) is 1.47. The Labute approximate surface area is 85.7 Å². The summed E-state index contributed by atoms with van der Waals surface area (Å²) >= 11 is 0. The molecule has 3 heteroatoms. The Balaban J connectivity index is 2.20. The summed E-state index contributed by atoms with van der Waals surface area (Å²) in [6, 6.07) is 0.429. The minimum Gasteiger partial charge on any atom is -0.461 e. The first-order valence-corrected chi connectivity index (χ1v) is 5.31. The normalized spacial score (nSPS) is 17.5. The summed E-state index contributed by atoms with van der Waals surface area (Å²) in [6.07, 6.45) is 4.74. The van der Waals surface area contributed by atoms with Crippen LogP contribution in [0.4, 0.5) is 0 Å². The molecular formula is C11H19NO2. The van der Waals surface area contributed by atoms with Gasteiger partial charge in [-0.05, 0) is 6.42 Å². The van der Waals surface area contributed by atoms with Gasteiger partial charge in [-0.1, -0.05) is 26.3 Å². The first kappa shape index (κ1) is 11.2. The molecule has 0 saturated carbocycles. The Morgan fingerprint density at radius 2 is 2.36 bits per heavy atom. The van der Waals surface area contributed by atoms with Crippen molar-refractivity contribution in [1.82, 2.24) is 4.90 Å². The van der Waals surface area contributed by atoms with E-state index < -0.39 is 0 Å². The average Bonchev–Trinajstić information content (AvgIpc) is 3.01. The molecule has 0 radical (unpaired) electrons. The van der Waals surface area contributed by atoms with Crippen molar-refractivity contribution in [3.63, 3.8) is 0 Å². The van der Waals surface area contributed by atoms with E-state index in [1.165, 1.54) is 18.9 Å². The van der Waals surface area contributed by atoms with Gasteiger partial charge in [0.05, 0.1) is 0 Å². The average molecular weight is 197 g/mol. The molecule has 1 unspecified atom stereocenters. The summed E-state index contributed by atoms with van der Waals surface area (Å²) in [6.45, 7) is 8.37. The van der Waals surface area contributed by atoms with Gasteiger partial charge < -0.3 is 4.74 Å². The predicted octanol–water partition coefficient (Wildman–Crippen LogP) is 1.59. The zero-order valence-electron chi connectivity index (χ0n) is 8.87. The molecule has 0 aromatic rings. The Morgan fingerprint density at radius 3 is 2.86 bits per heavy atom. The number of carbonyl (C=O) groups excluding carboxylic acids is 1. The topological polar surface area (TPSA) is 29.3 Å². The number of rotatable bonds is 7. The molecule has 1 fully saturated rings. The molecule has 0 N–H and O–H groups in total. The standard InChI is InChI=1S/C11H19NO2/c1-3-5-6-10(12-7-8-12)9-14-11(13)4-2/h4,10H,2-3,5-9H2,1H3. The van der Waals surface area contributed by atoms with Crippen molar-refractivity contribution in [1.29, 1.82) is 0 Å². The summed E-state index contributed by atoms with van der Waals surface area (Å²) in [4.78, 5) is 13.2. The first-order valence-electron chi connectivity index (χ1n) is 5.31. The SMILES string of the molecule is C=CC(=O)OCC(CCCC)N1CC1. The van der Waals surface area contributed by atoms with Gasteiger partial charge in [-0.15, -0.1) is 0 Å². The van der Waals surface area contributed by atoms with Crippen LogP contribution in [0.1, 0.15) is 26.2 Å². The molecule has 0 spiro atoms. The van der Waals surface area contributed by atoms with E-state index in [2.05, 4.69) is 18.4 Å². The number of nitrogens with zero attached hydrogens (tertiary/aromatic N) is 1. The van der Waals surface area contributed by atoms with E-state index in [-0.39, 0.29) is 5.97 Å². The number of hydrogen-bond acceptors (Lipinski definition) is 3. The largest absolute Gasteiger partial charge is 0.461 e. The van der Waals surface area contributed by atoms with Crippen LogP contribution in [0.25, 0.3) is 0 Å². The third kappa shape index (κ3) is 3.92. The van der Waals surface area contributed by atoms with Gasteiger partial charge in [-0.3, -0.25) is 4.90 Å². The Kier molecular flexibility index (Phi) is 4.66. The monoisotopic (exact) mass is 197 g/mol. The molecule has 0 aliphatic carbocycles. The maximum absolute atomic E-state index is 10.9. The fraction of sp³-hybridized carbons (Fsp3) is 0.727. The van der Waals surface area contributed by atoms with Gasteiger partial charge in [-0.2, -0.15) is 0 Å². The molecular weight excluding hydrogens is 178 g/mol. The van der Waals surface area contributed by atoms with Crippen LogP contribution in [0.2, 0.25) is 0 Å². The summed E-state index contributed by atoms with van der Waals surface area (Å²) < 4.78 is 5.05. The molecule has 3 nitrogen and oxygen atoms in total. The van der Waals surface area contributed by atoms with Crippen LogP contribution < -0.4 is 0 Å². The number of ether oxygens (including phenoxy) is 1. The van der Waals surface area contributed by atoms with E-state index in [1.807, 2.05) is 0 Å². The molecule has 14 heavy (non-hydrogen) atoms. The summed E-state index contributed by atoms with van der Waals surface area (Å²) in [5, 5.41) is 0. The smallest absolute Gasteiger partial charge is 0.330 e. The molecule has 80 valence electrons. The molecule has 1 atom stereocenters. The highest BCUT2D eigenvalue weighted by Gasteiger charge is 2.27. The minimum atomic E-state index is -0.312. The Morgan fingerprint density at radius 1 is 1.64 bits per heavy atom. The van der Waals surface area contributed by atoms with Crippen molar-refractivity contribution in [2.75, 3.05) is 19.7 Å². The van der Waals surface area contributed by atoms with Gasteiger partial charge in [0, 0.05) is 25.2 Å². The Hall–Kier alpha value is -0.830. The summed E-state index contributed by atoms with van der Waals surface area (Å²) in [5.74, 6) is -0.312. The molecule has 0 aromatic heterocycles. The van der Waals surface area contributed by atoms with Crippen LogP contribution in [0, 0.1) is 0 Å². The summed E-state index contributed by atoms with van der Waals surface area (Å²) in [5.41, 5.74) is 0. The molecule has 1 heterocycles. The molecule has 1 aliphatic heterocycles. The predicted molar refractivity (Wildman–Crippen MR) is 56.0 cm³/mol. The van der Waals surface area contributed by atoms with Crippen LogP contribution >= 0.6 is 0 Å². The van der Waals surface area contributed by atoms with E-state index in [1.54, 1.807) is 0 Å². The second-order valence-corrected chi connectivity index (χ2v) is 3.67. The van der Waals surface area contributed by atoms with Gasteiger partial charge in [0.15, 0.2) is 0 Å². The lowest BCUT2D eigenvalue weighted by molar-refractivity contribution is -0.139. The van der Waals surface area contributed by atoms with Crippen LogP contribution in [0.15, 0.2) is 12.7 Å². The van der Waals surface area contributed by atoms with Crippen molar-refractivity contribution in [2.24, 2.45) is 0 Å². The van der Waals surface area contributed by atoms with Crippen LogP contribution in [0.3, 0.4) is 0 Å². The highest BCUT2D eigenvalue weighted by atomic mass is 16.5. The molecule has 1 saturated heterocycles. The van der Waals surface area contributed by atoms with Crippen molar-refractivity contribution in [3.05, 3.63) is 12.7 Å². The zero-order chi connectivity index (χ0) is 10.4. The van der Waals surface area contributed by atoms with E-state index >= 15 is 0 Å². The number of esters is 1. The molecule has 0 aromatic carbocycles. The van der Waals surface area contributed by atoms with E-state index in [9.17, 15) is 4.79 Å². The number of hydrogen-bond donors (Lipinski definition) is 0. The first-order chi connectivity index (χ1) is 6.77. The molecule has 1 rings (SSSR count). The third-order valence-corrected chi connectivity index (χ3v) is 2.47. The van der Waals surface area contributed by atoms with Gasteiger partial charge in [0.1, 0.15) is 6.61 Å². The molecule has 0 amide bonds. The second-order valence-electron chi connectivity index (χ2n) is 3.67. The fourth-order valence-corrected chi connectivity index (χ4v) is 1.47. The molecule has 0 bridgehead atoms. The lowest BCUT2D eigenvalue weighted by atomic mass is 10.1. The van der Waals surface area contributed by atoms with Crippen molar-refractivity contribution in [3.8, 4) is 0 Å². The Bertz CT molecular complexity index is 199. The number of carbonyl (C=O) groups is 1. The zero-order valence-corrected chi connectivity index (χ0v) is 8.87. The third-order valence-electron chi connectivity index (χ3n) is 2.47. The van der Waals surface area contributed by atoms with Gasteiger partial charge in [0.25, 0.3) is 0 Å². The van der Waals surface area contributed by atoms with Crippen molar-refractivity contribution in [2.45, 2.75) is 32.2 Å². The highest BCUT2D eigenvalue weighted by Crippen LogP contribution is 2.16. The van der Waals surface area contributed by atoms with E-state index in [4.69, 9.17) is 4.74 Å². The van der Waals surface area contributed by atoms with E-state index in [0.717, 1.165) is 19.5 Å². The van der Waals surface area contributed by atoms with E-state index in [0.29, 0.717) is 12.6 Å². The summed E-state index contributed by atoms with van der Waals surface area (Å²) in [7, 11) is 0. The lowest BCUT2D eigenvalue weighted by Crippen LogP contribution is -2.26. The van der Waals surface area contributed by atoms with Crippen molar-refractivity contribution >= 4 is 5.97 Å². The van der Waals surface area contributed by atoms with Crippen LogP contribution in [0.5, 0.6) is 0 Å². The maximum atomic E-state index is 10.9. The van der Waals surface area contributed by atoms with Crippen molar-refractivity contribution < 1.29 is 9.53 Å². The van der Waals surface area contributed by atoms with Crippen LogP contribution in [-0.4, -0.2) is 36.6 Å². The van der Waals surface area contributed by atoms with Crippen LogP contribution in [-0.2, 0) is 9.53 Å². The van der Waals surface area contributed by atoms with Gasteiger partial charge >= 0.3 is 5.97 Å². The number of unbranched alkanes of at least 4 members (excludes halogenated alkanes) is 1. The van der Waals surface area contributed by atoms with Gasteiger partial charge in [0.2, 0.25) is 0 Å². The quantitative estimate of drug-likeness (QED) is 0.352. The maximum Gasteiger partial charge on any atom is 0.330 e. The van der Waals surface area contributed by atoms with Gasteiger partial charge in [-0.25, -0.2) is 4.79 Å². The molecule has 1 aliphatic rings.